The second-order valence-electron chi connectivity index (χ2n) is 9.48. The van der Waals surface area contributed by atoms with Gasteiger partial charge in [-0.3, -0.25) is 9.78 Å². The number of nitrogens with one attached hydrogen (secondary N) is 1. The maximum Gasteiger partial charge on any atom is 0.254 e. The average Bonchev–Trinajstić information content (AvgIpc) is 3.29. The van der Waals surface area contributed by atoms with Crippen LogP contribution in [0.3, 0.4) is 0 Å². The lowest BCUT2D eigenvalue weighted by Crippen LogP contribution is -2.32. The Morgan fingerprint density at radius 3 is 2.64 bits per heavy atom. The highest BCUT2D eigenvalue weighted by molar-refractivity contribution is 14.1. The highest BCUT2D eigenvalue weighted by Crippen LogP contribution is 2.29. The quantitative estimate of drug-likeness (QED) is 0.149. The van der Waals surface area contributed by atoms with Crippen molar-refractivity contribution in [2.45, 2.75) is 58.9 Å². The van der Waals surface area contributed by atoms with Crippen LogP contribution in [0.15, 0.2) is 48.9 Å². The minimum atomic E-state index is -0.0889. The van der Waals surface area contributed by atoms with E-state index < -0.39 is 0 Å². The lowest BCUT2D eigenvalue weighted by Gasteiger charge is -2.23. The first-order valence-electron chi connectivity index (χ1n) is 11.9. The molecule has 4 rings (SSSR count). The molecule has 1 N–H and O–H groups in total. The zero-order chi connectivity index (χ0) is 25.9. The Labute approximate surface area is 228 Å². The average molecular weight is 615 g/mol. The molecule has 1 atom stereocenters. The van der Waals surface area contributed by atoms with Gasteiger partial charge in [0.05, 0.1) is 47.2 Å². The Hall–Kier alpha value is -2.65. The maximum atomic E-state index is 13.8. The van der Waals surface area contributed by atoms with Gasteiger partial charge in [-0.1, -0.05) is 26.8 Å². The number of aryl methyl sites for hydroxylation is 2. The van der Waals surface area contributed by atoms with Crippen LogP contribution in [-0.4, -0.2) is 35.5 Å². The summed E-state index contributed by atoms with van der Waals surface area (Å²) in [5, 5.41) is 5.19. The van der Waals surface area contributed by atoms with Crippen molar-refractivity contribution in [3.05, 3.63) is 77.1 Å². The Morgan fingerprint density at radius 1 is 1.17 bits per heavy atom. The molecule has 0 aliphatic heterocycles. The second-order valence-corrected chi connectivity index (χ2v) is 11.5. The van der Waals surface area contributed by atoms with Crippen molar-refractivity contribution in [1.82, 2.24) is 29.6 Å². The van der Waals surface area contributed by atoms with Crippen molar-refractivity contribution < 1.29 is 4.79 Å². The molecule has 0 spiro atoms. The molecule has 1 aromatic carbocycles. The van der Waals surface area contributed by atoms with Crippen LogP contribution in [0.25, 0.3) is 10.9 Å². The number of nitrogens with zero attached hydrogens (tertiary/aromatic N) is 6. The molecule has 0 saturated carbocycles. The molecular formula is C26H31IN7OP. The van der Waals surface area contributed by atoms with E-state index >= 15 is 0 Å². The van der Waals surface area contributed by atoms with Crippen LogP contribution in [0, 0.1) is 6.92 Å². The van der Waals surface area contributed by atoms with Gasteiger partial charge in [-0.25, -0.2) is 14.6 Å². The Kier molecular flexibility index (Phi) is 8.20. The molecule has 3 aromatic heterocycles. The van der Waals surface area contributed by atoms with Gasteiger partial charge < -0.3 is 8.43 Å². The zero-order valence-electron chi connectivity index (χ0n) is 21.0. The van der Waals surface area contributed by atoms with Crippen LogP contribution < -0.4 is 3.53 Å². The fraction of sp³-hybridized carbons (Fsp3) is 0.346. The molecule has 188 valence electrons. The number of fused-ring (bicyclic) bond motifs is 1. The van der Waals surface area contributed by atoms with E-state index in [0.717, 1.165) is 52.3 Å². The first-order chi connectivity index (χ1) is 17.2. The van der Waals surface area contributed by atoms with E-state index in [1.165, 1.54) is 0 Å². The standard InChI is InChI=1S/C26H31IN7OP/c1-5-10-34-23(29-16-30-34)15-33(14-21-8-7-20(13-28-21)26(3,4)36)25(35)18-6-9-22-19(12-18)11-17(2)24(31-22)32-27/h6-9,11-13,16H,5,10,14-15,36H2,1-4H3,(H,31,32). The van der Waals surface area contributed by atoms with Gasteiger partial charge in [0.2, 0.25) is 0 Å². The molecule has 0 saturated heterocycles. The Balaban J connectivity index is 1.67. The molecule has 0 aliphatic carbocycles. The van der Waals surface area contributed by atoms with Gasteiger partial charge in [-0.15, -0.1) is 9.24 Å². The number of hydrogen-bond acceptors (Lipinski definition) is 6. The predicted molar refractivity (Wildman–Crippen MR) is 155 cm³/mol. The molecule has 4 aromatic rings. The molecule has 10 heteroatoms. The summed E-state index contributed by atoms with van der Waals surface area (Å²) in [6.45, 7) is 9.80. The molecule has 0 radical (unpaired) electrons. The second kappa shape index (κ2) is 11.2. The highest BCUT2D eigenvalue weighted by atomic mass is 127. The zero-order valence-corrected chi connectivity index (χ0v) is 24.3. The summed E-state index contributed by atoms with van der Waals surface area (Å²) in [6.07, 6.45) is 4.36. The van der Waals surface area contributed by atoms with Crippen molar-refractivity contribution in [3.8, 4) is 0 Å². The largest absolute Gasteiger partial charge is 0.325 e. The Bertz CT molecular complexity index is 1370. The van der Waals surface area contributed by atoms with Gasteiger partial charge in [0, 0.05) is 28.8 Å². The first-order valence-corrected chi connectivity index (χ1v) is 13.5. The van der Waals surface area contributed by atoms with E-state index in [0.29, 0.717) is 18.7 Å². The van der Waals surface area contributed by atoms with E-state index in [4.69, 9.17) is 0 Å². The van der Waals surface area contributed by atoms with E-state index in [1.807, 2.05) is 48.1 Å². The van der Waals surface area contributed by atoms with Crippen LogP contribution in [0.5, 0.6) is 0 Å². The van der Waals surface area contributed by atoms with Crippen LogP contribution in [0.2, 0.25) is 0 Å². The Morgan fingerprint density at radius 2 is 1.97 bits per heavy atom. The van der Waals surface area contributed by atoms with Crippen LogP contribution in [0.4, 0.5) is 5.82 Å². The van der Waals surface area contributed by atoms with Crippen molar-refractivity contribution in [2.24, 2.45) is 0 Å². The number of hydrogen-bond donors (Lipinski definition) is 1. The monoisotopic (exact) mass is 615 g/mol. The fourth-order valence-corrected chi connectivity index (χ4v) is 4.68. The van der Waals surface area contributed by atoms with Gasteiger partial charge >= 0.3 is 0 Å². The highest BCUT2D eigenvalue weighted by Gasteiger charge is 2.21. The lowest BCUT2D eigenvalue weighted by molar-refractivity contribution is 0.0721. The topological polar surface area (TPSA) is 88.8 Å². The smallest absolute Gasteiger partial charge is 0.254 e. The van der Waals surface area contributed by atoms with Gasteiger partial charge in [-0.2, -0.15) is 5.10 Å². The van der Waals surface area contributed by atoms with Crippen molar-refractivity contribution in [2.75, 3.05) is 3.53 Å². The normalized spacial score (nSPS) is 11.6. The fourth-order valence-electron chi connectivity index (χ4n) is 3.97. The van der Waals surface area contributed by atoms with Crippen LogP contribution in [-0.2, 0) is 24.8 Å². The number of aromatic nitrogens is 5. The minimum Gasteiger partial charge on any atom is -0.325 e. The van der Waals surface area contributed by atoms with Crippen molar-refractivity contribution in [1.29, 1.82) is 0 Å². The first kappa shape index (κ1) is 26.4. The third-order valence-corrected chi connectivity index (χ3v) is 6.86. The number of rotatable bonds is 9. The summed E-state index contributed by atoms with van der Waals surface area (Å²) in [7, 11) is 2.84. The molecule has 0 aliphatic rings. The molecule has 0 fully saturated rings. The molecule has 1 amide bonds. The summed E-state index contributed by atoms with van der Waals surface area (Å²) >= 11 is 2.08. The number of anilines is 1. The summed E-state index contributed by atoms with van der Waals surface area (Å²) in [4.78, 5) is 29.4. The van der Waals surface area contributed by atoms with Gasteiger partial charge in [0.15, 0.2) is 0 Å². The van der Waals surface area contributed by atoms with Gasteiger partial charge in [0.1, 0.15) is 18.0 Å². The van der Waals surface area contributed by atoms with Crippen LogP contribution >= 0.6 is 32.1 Å². The summed E-state index contributed by atoms with van der Waals surface area (Å²) in [5.74, 6) is 1.49. The van der Waals surface area contributed by atoms with E-state index in [9.17, 15) is 4.79 Å². The summed E-state index contributed by atoms with van der Waals surface area (Å²) in [5.41, 5.74) is 4.40. The number of halogens is 1. The maximum absolute atomic E-state index is 13.8. The lowest BCUT2D eigenvalue weighted by atomic mass is 10.0. The molecule has 3 heterocycles. The number of carbonyl (C=O) groups is 1. The number of pyridine rings is 2. The molecule has 8 nitrogen and oxygen atoms in total. The van der Waals surface area contributed by atoms with Crippen molar-refractivity contribution >= 4 is 54.7 Å². The predicted octanol–water partition coefficient (Wildman–Crippen LogP) is 5.65. The number of benzene rings is 1. The number of carbonyl (C=O) groups excluding carboxylic acids is 1. The summed E-state index contributed by atoms with van der Waals surface area (Å²) in [6, 6.07) is 11.7. The van der Waals surface area contributed by atoms with Crippen molar-refractivity contribution in [3.63, 3.8) is 0 Å². The number of amides is 1. The molecular weight excluding hydrogens is 584 g/mol. The van der Waals surface area contributed by atoms with Gasteiger partial charge in [0.25, 0.3) is 5.91 Å². The van der Waals surface area contributed by atoms with E-state index in [-0.39, 0.29) is 11.1 Å². The minimum absolute atomic E-state index is 0.0679. The summed E-state index contributed by atoms with van der Waals surface area (Å²) < 4.78 is 4.94. The third kappa shape index (κ3) is 6.00. The van der Waals surface area contributed by atoms with Gasteiger partial charge in [-0.05, 0) is 54.8 Å². The van der Waals surface area contributed by atoms with Crippen LogP contribution in [0.1, 0.15) is 60.2 Å². The molecule has 0 bridgehead atoms. The molecule has 1 unspecified atom stereocenters. The third-order valence-electron chi connectivity index (χ3n) is 6.01. The van der Waals surface area contributed by atoms with E-state index in [2.05, 4.69) is 82.5 Å². The van der Waals surface area contributed by atoms with E-state index in [1.54, 1.807) is 11.2 Å². The SMILES string of the molecule is CCCn1ncnc1CN(Cc1ccc(C(C)(C)P)cn1)C(=O)c1ccc2nc(NI)c(C)cc2c1. The molecule has 36 heavy (non-hydrogen) atoms.